The van der Waals surface area contributed by atoms with Gasteiger partial charge < -0.3 is 25.3 Å². The number of aliphatic hydroxyl groups excluding tert-OH is 2. The van der Waals surface area contributed by atoms with Gasteiger partial charge in [0.1, 0.15) is 11.6 Å². The molecule has 2 aromatic rings. The molecule has 3 heterocycles. The van der Waals surface area contributed by atoms with Gasteiger partial charge in [0.05, 0.1) is 24.6 Å². The monoisotopic (exact) mass is 250 g/mol. The van der Waals surface area contributed by atoms with Crippen LogP contribution in [0.5, 0.6) is 0 Å². The lowest BCUT2D eigenvalue weighted by atomic mass is 10.2. The molecule has 4 N–H and O–H groups in total. The maximum absolute atomic E-state index is 9.96. The molecule has 7 heteroatoms. The van der Waals surface area contributed by atoms with E-state index >= 15 is 0 Å². The number of hydrogen-bond donors (Lipinski definition) is 3. The van der Waals surface area contributed by atoms with Crippen LogP contribution in [0.3, 0.4) is 0 Å². The Bertz CT molecular complexity index is 570. The molecule has 1 fully saturated rings. The minimum atomic E-state index is -0.672. The Morgan fingerprint density at radius 2 is 2.33 bits per heavy atom. The average Bonchev–Trinajstić information content (AvgIpc) is 2.93. The number of nitrogens with zero attached hydrogens (tertiary/aromatic N) is 3. The van der Waals surface area contributed by atoms with E-state index in [-0.39, 0.29) is 12.7 Å². The van der Waals surface area contributed by atoms with Crippen molar-refractivity contribution in [3.63, 3.8) is 0 Å². The van der Waals surface area contributed by atoms with Crippen LogP contribution in [0, 0.1) is 0 Å². The van der Waals surface area contributed by atoms with Gasteiger partial charge in [0, 0.05) is 12.6 Å². The first-order valence-electron chi connectivity index (χ1n) is 5.72. The molecule has 18 heavy (non-hydrogen) atoms. The van der Waals surface area contributed by atoms with Crippen molar-refractivity contribution in [2.45, 2.75) is 24.9 Å². The van der Waals surface area contributed by atoms with Crippen molar-refractivity contribution in [1.82, 2.24) is 14.5 Å². The van der Waals surface area contributed by atoms with E-state index in [2.05, 4.69) is 9.97 Å². The van der Waals surface area contributed by atoms with Gasteiger partial charge in [-0.15, -0.1) is 0 Å². The average molecular weight is 250 g/mol. The van der Waals surface area contributed by atoms with Crippen molar-refractivity contribution >= 4 is 16.9 Å². The predicted octanol–water partition coefficient (Wildman–Crippen LogP) is -0.346. The summed E-state index contributed by atoms with van der Waals surface area (Å²) in [6.07, 6.45) is 1.99. The van der Waals surface area contributed by atoms with E-state index in [1.54, 1.807) is 23.2 Å². The van der Waals surface area contributed by atoms with Crippen LogP contribution < -0.4 is 5.73 Å². The number of hydrogen-bond acceptors (Lipinski definition) is 6. The minimum Gasteiger partial charge on any atom is -0.394 e. The van der Waals surface area contributed by atoms with Crippen LogP contribution in [0.2, 0.25) is 0 Å². The number of imidazole rings is 1. The van der Waals surface area contributed by atoms with E-state index in [4.69, 9.17) is 15.6 Å². The van der Waals surface area contributed by atoms with E-state index in [1.165, 1.54) is 0 Å². The predicted molar refractivity (Wildman–Crippen MR) is 63.6 cm³/mol. The number of ether oxygens (including phenoxy) is 1. The molecule has 1 aliphatic heterocycles. The summed E-state index contributed by atoms with van der Waals surface area (Å²) in [6.45, 7) is -0.107. The molecule has 1 aliphatic rings. The second kappa shape index (κ2) is 4.20. The fourth-order valence-electron chi connectivity index (χ4n) is 2.28. The lowest BCUT2D eigenvalue weighted by molar-refractivity contribution is -0.0484. The lowest BCUT2D eigenvalue weighted by Gasteiger charge is -2.16. The number of aliphatic hydroxyl groups is 2. The summed E-state index contributed by atoms with van der Waals surface area (Å²) in [4.78, 5) is 8.13. The molecule has 0 aromatic carbocycles. The number of nitrogens with two attached hydrogens (primary N) is 1. The zero-order chi connectivity index (χ0) is 12.7. The maximum atomic E-state index is 9.96. The highest BCUT2D eigenvalue weighted by atomic mass is 16.5. The summed E-state index contributed by atoms with van der Waals surface area (Å²) in [5.41, 5.74) is 7.06. The summed E-state index contributed by atoms with van der Waals surface area (Å²) in [5, 5.41) is 19.0. The molecule has 96 valence electrons. The largest absolute Gasteiger partial charge is 0.394 e. The molecular weight excluding hydrogens is 236 g/mol. The zero-order valence-electron chi connectivity index (χ0n) is 9.60. The number of aromatic nitrogens is 3. The molecule has 0 aliphatic carbocycles. The van der Waals surface area contributed by atoms with Gasteiger partial charge in [-0.25, -0.2) is 9.97 Å². The van der Waals surface area contributed by atoms with Crippen LogP contribution in [0.25, 0.3) is 11.0 Å². The van der Waals surface area contributed by atoms with Gasteiger partial charge in [0.15, 0.2) is 12.0 Å². The number of pyridine rings is 1. The Kier molecular flexibility index (Phi) is 2.66. The van der Waals surface area contributed by atoms with Crippen LogP contribution >= 0.6 is 0 Å². The molecule has 0 bridgehead atoms. The van der Waals surface area contributed by atoms with Crippen molar-refractivity contribution in [3.8, 4) is 0 Å². The zero-order valence-corrected chi connectivity index (χ0v) is 9.60. The third-order valence-corrected chi connectivity index (χ3v) is 3.16. The smallest absolute Gasteiger partial charge is 0.161 e. The highest BCUT2D eigenvalue weighted by Gasteiger charge is 2.35. The highest BCUT2D eigenvalue weighted by molar-refractivity contribution is 5.84. The van der Waals surface area contributed by atoms with Crippen LogP contribution in [0.4, 0.5) is 5.82 Å². The van der Waals surface area contributed by atoms with E-state index in [0.717, 1.165) is 5.52 Å². The first kappa shape index (κ1) is 11.4. The molecule has 0 spiro atoms. The second-order valence-electron chi connectivity index (χ2n) is 4.35. The molecule has 0 amide bonds. The first-order valence-corrected chi connectivity index (χ1v) is 5.72. The molecule has 1 unspecified atom stereocenters. The lowest BCUT2D eigenvalue weighted by Crippen LogP contribution is -2.18. The van der Waals surface area contributed by atoms with Gasteiger partial charge in [0.2, 0.25) is 0 Å². The van der Waals surface area contributed by atoms with Gasteiger partial charge in [-0.2, -0.15) is 0 Å². The summed E-state index contributed by atoms with van der Waals surface area (Å²) in [6, 6.07) is 1.76. The van der Waals surface area contributed by atoms with Crippen LogP contribution in [-0.2, 0) is 4.74 Å². The van der Waals surface area contributed by atoms with E-state index in [9.17, 15) is 5.11 Å². The van der Waals surface area contributed by atoms with Gasteiger partial charge in [0.25, 0.3) is 0 Å². The molecule has 7 nitrogen and oxygen atoms in total. The van der Waals surface area contributed by atoms with Crippen LogP contribution in [0.1, 0.15) is 12.6 Å². The third-order valence-electron chi connectivity index (χ3n) is 3.16. The molecule has 0 saturated carbocycles. The van der Waals surface area contributed by atoms with E-state index < -0.39 is 12.3 Å². The number of nitrogen functional groups attached to an aromatic ring is 1. The fourth-order valence-corrected chi connectivity index (χ4v) is 2.28. The van der Waals surface area contributed by atoms with E-state index in [0.29, 0.717) is 17.8 Å². The van der Waals surface area contributed by atoms with E-state index in [1.807, 2.05) is 0 Å². The topological polar surface area (TPSA) is 106 Å². The highest BCUT2D eigenvalue weighted by Crippen LogP contribution is 2.31. The summed E-state index contributed by atoms with van der Waals surface area (Å²) < 4.78 is 7.29. The normalized spacial score (nSPS) is 28.0. The van der Waals surface area contributed by atoms with Gasteiger partial charge >= 0.3 is 0 Å². The van der Waals surface area contributed by atoms with Gasteiger partial charge in [-0.1, -0.05) is 0 Å². The molecule has 3 rings (SSSR count). The third kappa shape index (κ3) is 1.64. The van der Waals surface area contributed by atoms with Gasteiger partial charge in [-0.3, -0.25) is 0 Å². The minimum absolute atomic E-state index is 0.107. The van der Waals surface area contributed by atoms with Crippen molar-refractivity contribution < 1.29 is 14.9 Å². The molecule has 0 radical (unpaired) electrons. The molecular formula is C11H14N4O3. The second-order valence-corrected chi connectivity index (χ2v) is 4.35. The Morgan fingerprint density at radius 3 is 3.06 bits per heavy atom. The number of rotatable bonds is 2. The van der Waals surface area contributed by atoms with Crippen molar-refractivity contribution in [2.24, 2.45) is 0 Å². The summed E-state index contributed by atoms with van der Waals surface area (Å²) in [7, 11) is 0. The Labute approximate surface area is 103 Å². The van der Waals surface area contributed by atoms with Gasteiger partial charge in [-0.05, 0) is 6.07 Å². The van der Waals surface area contributed by atoms with Crippen molar-refractivity contribution in [2.75, 3.05) is 12.3 Å². The molecule has 3 atom stereocenters. The van der Waals surface area contributed by atoms with Crippen molar-refractivity contribution in [3.05, 3.63) is 18.6 Å². The fraction of sp³-hybridized carbons (Fsp3) is 0.455. The van der Waals surface area contributed by atoms with Crippen LogP contribution in [0.15, 0.2) is 18.6 Å². The standard InChI is InChI=1S/C11H14N4O3/c12-10-9-7(1-2-13-10)15(5-14-9)11-8(17)3-6(4-16)18-11/h1-2,5-6,8,11,16-17H,3-4H2,(H2,12,13)/t6-,8+,11?/m0/s1. The maximum Gasteiger partial charge on any atom is 0.161 e. The Balaban J connectivity index is 2.02. The molecule has 1 saturated heterocycles. The summed E-state index contributed by atoms with van der Waals surface area (Å²) in [5.74, 6) is 0.345. The SMILES string of the molecule is Nc1nccc2c1ncn2C1O[C@H](CO)C[C@H]1O. The first-order chi connectivity index (χ1) is 8.70. The summed E-state index contributed by atoms with van der Waals surface area (Å²) >= 11 is 0. The Hall–Kier alpha value is -1.70. The van der Waals surface area contributed by atoms with Crippen molar-refractivity contribution in [1.29, 1.82) is 0 Å². The number of anilines is 1. The number of fused-ring (bicyclic) bond motifs is 1. The quantitative estimate of drug-likeness (QED) is 0.673. The molecule has 2 aromatic heterocycles. The van der Waals surface area contributed by atoms with Crippen LogP contribution in [-0.4, -0.2) is 43.6 Å². The Morgan fingerprint density at radius 1 is 1.50 bits per heavy atom.